The molecule has 3 aromatic carbocycles. The van der Waals surface area contributed by atoms with Crippen LogP contribution >= 0.6 is 0 Å². The zero-order valence-electron chi connectivity index (χ0n) is 24.7. The number of benzene rings is 3. The molecule has 0 aliphatic heterocycles. The van der Waals surface area contributed by atoms with Crippen molar-refractivity contribution in [2.75, 3.05) is 27.9 Å². The number of carboxylic acid groups (broad SMARTS) is 1. The summed E-state index contributed by atoms with van der Waals surface area (Å²) >= 11 is 0. The van der Waals surface area contributed by atoms with Gasteiger partial charge in [-0.1, -0.05) is 81.4 Å². The van der Waals surface area contributed by atoms with Gasteiger partial charge in [0, 0.05) is 13.0 Å². The molecule has 3 rings (SSSR count). The van der Waals surface area contributed by atoms with Crippen LogP contribution in [0.5, 0.6) is 17.2 Å². The molecule has 0 saturated heterocycles. The van der Waals surface area contributed by atoms with Gasteiger partial charge in [0.05, 0.1) is 21.3 Å². The molecule has 0 amide bonds. The summed E-state index contributed by atoms with van der Waals surface area (Å²) in [4.78, 5) is 11.7. The van der Waals surface area contributed by atoms with Gasteiger partial charge < -0.3 is 23.7 Å². The fourth-order valence-electron chi connectivity index (χ4n) is 5.60. The van der Waals surface area contributed by atoms with Gasteiger partial charge in [0.2, 0.25) is 5.75 Å². The highest BCUT2D eigenvalue weighted by Crippen LogP contribution is 2.39. The third kappa shape index (κ3) is 7.46. The summed E-state index contributed by atoms with van der Waals surface area (Å²) in [5, 5.41) is 12.0. The topological polar surface area (TPSA) is 74.2 Å². The zero-order valence-corrected chi connectivity index (χ0v) is 25.7. The van der Waals surface area contributed by atoms with Gasteiger partial charge in [-0.2, -0.15) is 0 Å². The molecule has 7 heteroatoms. The van der Waals surface area contributed by atoms with Crippen LogP contribution in [0.25, 0.3) is 0 Å². The van der Waals surface area contributed by atoms with Crippen molar-refractivity contribution in [2.24, 2.45) is 5.92 Å². The van der Waals surface area contributed by atoms with E-state index in [-0.39, 0.29) is 17.4 Å². The average molecular weight is 565 g/mol. The van der Waals surface area contributed by atoms with Crippen LogP contribution in [0.1, 0.15) is 52.0 Å². The minimum absolute atomic E-state index is 0.0272. The van der Waals surface area contributed by atoms with E-state index >= 15 is 0 Å². The molecule has 1 N–H and O–H groups in total. The Morgan fingerprint density at radius 2 is 1.35 bits per heavy atom. The molecule has 0 aromatic heterocycles. The lowest BCUT2D eigenvalue weighted by Gasteiger charge is -2.43. The summed E-state index contributed by atoms with van der Waals surface area (Å²) in [5.74, 6) is 1.01. The maximum Gasteiger partial charge on any atom is 0.303 e. The fraction of sp³-hybridized carbons (Fsp3) is 0.424. The monoisotopic (exact) mass is 564 g/mol. The zero-order chi connectivity index (χ0) is 29.2. The largest absolute Gasteiger partial charge is 0.493 e. The Kier molecular flexibility index (Phi) is 11.2. The molecule has 1 unspecified atom stereocenters. The first kappa shape index (κ1) is 31.2. The Morgan fingerprint density at radius 3 is 1.77 bits per heavy atom. The van der Waals surface area contributed by atoms with E-state index in [0.29, 0.717) is 30.3 Å². The number of carbonyl (C=O) groups is 1. The lowest BCUT2D eigenvalue weighted by atomic mass is 9.92. The molecule has 0 heterocycles. The van der Waals surface area contributed by atoms with Crippen molar-refractivity contribution in [3.63, 3.8) is 0 Å². The molecule has 0 radical (unpaired) electrons. The number of carboxylic acids is 1. The quantitative estimate of drug-likeness (QED) is 0.178. The average Bonchev–Trinajstić information content (AvgIpc) is 2.95. The maximum absolute atomic E-state index is 11.7. The minimum atomic E-state index is -2.61. The van der Waals surface area contributed by atoms with E-state index in [1.165, 1.54) is 10.4 Å². The highest BCUT2D eigenvalue weighted by atomic mass is 28.4. The Balaban J connectivity index is 1.75. The number of aliphatic carboxylic acids is 1. The first-order valence-corrected chi connectivity index (χ1v) is 15.8. The molecule has 0 fully saturated rings. The van der Waals surface area contributed by atoms with E-state index in [4.69, 9.17) is 18.6 Å². The molecular weight excluding hydrogens is 520 g/mol. The summed E-state index contributed by atoms with van der Waals surface area (Å²) in [6, 6.07) is 25.1. The van der Waals surface area contributed by atoms with Crippen LogP contribution in [0.15, 0.2) is 72.8 Å². The van der Waals surface area contributed by atoms with Crippen molar-refractivity contribution in [3.05, 3.63) is 78.4 Å². The van der Waals surface area contributed by atoms with Crippen LogP contribution in [-0.2, 0) is 15.6 Å². The molecule has 0 saturated carbocycles. The molecule has 0 bridgehead atoms. The lowest BCUT2D eigenvalue weighted by molar-refractivity contribution is -0.138. The van der Waals surface area contributed by atoms with Crippen molar-refractivity contribution in [3.8, 4) is 17.2 Å². The number of hydrogen-bond donors (Lipinski definition) is 1. The Labute approximate surface area is 240 Å². The van der Waals surface area contributed by atoms with Crippen LogP contribution in [0, 0.1) is 5.92 Å². The second-order valence-electron chi connectivity index (χ2n) is 11.2. The van der Waals surface area contributed by atoms with Crippen LogP contribution in [0.3, 0.4) is 0 Å². The number of rotatable bonds is 15. The number of ether oxygens (including phenoxy) is 3. The van der Waals surface area contributed by atoms with E-state index in [1.807, 2.05) is 24.3 Å². The normalized spacial score (nSPS) is 12.6. The van der Waals surface area contributed by atoms with Crippen molar-refractivity contribution in [2.45, 2.75) is 57.9 Å². The Morgan fingerprint density at radius 1 is 0.825 bits per heavy atom. The second kappa shape index (κ2) is 14.4. The van der Waals surface area contributed by atoms with Gasteiger partial charge in [0.1, 0.15) is 0 Å². The molecule has 216 valence electrons. The van der Waals surface area contributed by atoms with Crippen molar-refractivity contribution in [1.29, 1.82) is 0 Å². The van der Waals surface area contributed by atoms with Crippen molar-refractivity contribution in [1.82, 2.24) is 0 Å². The van der Waals surface area contributed by atoms with Crippen LogP contribution < -0.4 is 24.6 Å². The second-order valence-corrected chi connectivity index (χ2v) is 15.5. The van der Waals surface area contributed by atoms with Crippen LogP contribution in [0.2, 0.25) is 5.04 Å². The smallest absolute Gasteiger partial charge is 0.303 e. The van der Waals surface area contributed by atoms with Gasteiger partial charge in [-0.25, -0.2) is 0 Å². The molecule has 40 heavy (non-hydrogen) atoms. The first-order valence-electron chi connectivity index (χ1n) is 13.9. The maximum atomic E-state index is 11.7. The van der Waals surface area contributed by atoms with E-state index in [9.17, 15) is 9.90 Å². The van der Waals surface area contributed by atoms with Gasteiger partial charge in [0.15, 0.2) is 11.5 Å². The van der Waals surface area contributed by atoms with E-state index in [2.05, 4.69) is 69.3 Å². The molecule has 0 aliphatic rings. The standard InChI is InChI=1S/C33H44O6Si/c1-33(2,3)40(27-15-9-7-10-16-27,28-17-11-8-12-18-28)39-21-13-14-25(24-31(34)35)19-20-26-22-29(36-4)32(38-6)30(23-26)37-5/h7-12,15-18,22-23,25H,13-14,19-21,24H2,1-6H3,(H,34,35). The van der Waals surface area contributed by atoms with E-state index in [1.54, 1.807) is 21.3 Å². The number of methoxy groups -OCH3 is 3. The highest BCUT2D eigenvalue weighted by molar-refractivity contribution is 6.99. The van der Waals surface area contributed by atoms with Gasteiger partial charge in [0.25, 0.3) is 8.32 Å². The number of aryl methyl sites for hydroxylation is 1. The molecule has 1 atom stereocenters. The summed E-state index contributed by atoms with van der Waals surface area (Å²) in [7, 11) is 2.17. The van der Waals surface area contributed by atoms with Gasteiger partial charge in [-0.15, -0.1) is 0 Å². The van der Waals surface area contributed by atoms with E-state index < -0.39 is 14.3 Å². The molecule has 6 nitrogen and oxygen atoms in total. The predicted molar refractivity (Wildman–Crippen MR) is 163 cm³/mol. The molecule has 0 aliphatic carbocycles. The molecule has 3 aromatic rings. The van der Waals surface area contributed by atoms with Crippen molar-refractivity contribution >= 4 is 24.7 Å². The molecule has 0 spiro atoms. The minimum Gasteiger partial charge on any atom is -0.493 e. The SMILES string of the molecule is COc1cc(CCC(CCCO[Si](c2ccccc2)(c2ccccc2)C(C)(C)C)CC(=O)O)cc(OC)c1OC. The summed E-state index contributed by atoms with van der Waals surface area (Å²) in [6.07, 6.45) is 3.14. The Bertz CT molecular complexity index is 1140. The third-order valence-electron chi connectivity index (χ3n) is 7.52. The predicted octanol–water partition coefficient (Wildman–Crippen LogP) is 6.09. The van der Waals surface area contributed by atoms with Gasteiger partial charge >= 0.3 is 5.97 Å². The Hall–Kier alpha value is -3.29. The highest BCUT2D eigenvalue weighted by Gasteiger charge is 2.49. The van der Waals surface area contributed by atoms with Crippen molar-refractivity contribution < 1.29 is 28.5 Å². The van der Waals surface area contributed by atoms with Crippen LogP contribution in [-0.4, -0.2) is 47.3 Å². The summed E-state index contributed by atoms with van der Waals surface area (Å²) in [5.41, 5.74) is 1.02. The summed E-state index contributed by atoms with van der Waals surface area (Å²) in [6.45, 7) is 7.38. The van der Waals surface area contributed by atoms with E-state index in [0.717, 1.165) is 24.8 Å². The van der Waals surface area contributed by atoms with Gasteiger partial charge in [-0.3, -0.25) is 4.79 Å². The fourth-order valence-corrected chi connectivity index (χ4v) is 10.2. The molecular formula is C33H44O6Si. The van der Waals surface area contributed by atoms with Crippen LogP contribution in [0.4, 0.5) is 0 Å². The lowest BCUT2D eigenvalue weighted by Crippen LogP contribution is -2.66. The third-order valence-corrected chi connectivity index (χ3v) is 12.6. The van der Waals surface area contributed by atoms with Gasteiger partial charge in [-0.05, 0) is 64.7 Å². The first-order chi connectivity index (χ1) is 19.2. The number of hydrogen-bond acceptors (Lipinski definition) is 5. The summed E-state index contributed by atoms with van der Waals surface area (Å²) < 4.78 is 23.4.